The van der Waals surface area contributed by atoms with Gasteiger partial charge in [0.2, 0.25) is 0 Å². The van der Waals surface area contributed by atoms with E-state index in [0.29, 0.717) is 29.3 Å². The van der Waals surface area contributed by atoms with E-state index >= 15 is 0 Å². The van der Waals surface area contributed by atoms with Crippen LogP contribution < -0.4 is 9.47 Å². The van der Waals surface area contributed by atoms with Crippen molar-refractivity contribution in [2.45, 2.75) is 12.8 Å². The lowest BCUT2D eigenvalue weighted by Gasteiger charge is -2.22. The fraction of sp³-hybridized carbons (Fsp3) is 0.400. The lowest BCUT2D eigenvalue weighted by Crippen LogP contribution is -2.31. The molecule has 1 aliphatic heterocycles. The first-order valence-electron chi connectivity index (χ1n) is 6.68. The Bertz CT molecular complexity index is 548. The molecule has 0 aliphatic carbocycles. The molecule has 0 radical (unpaired) electrons. The topological polar surface area (TPSA) is 38.8 Å². The number of allylic oxidation sites excluding steroid dienone is 1. The molecule has 1 amide bonds. The van der Waals surface area contributed by atoms with E-state index in [1.807, 2.05) is 0 Å². The first-order chi connectivity index (χ1) is 10.2. The van der Waals surface area contributed by atoms with Crippen molar-refractivity contribution in [3.8, 4) is 11.5 Å². The van der Waals surface area contributed by atoms with Crippen LogP contribution in [0, 0.1) is 0 Å². The Labute approximate surface area is 137 Å². The highest BCUT2D eigenvalue weighted by atomic mass is 79.9. The van der Waals surface area contributed by atoms with Crippen molar-refractivity contribution in [2.24, 2.45) is 0 Å². The van der Waals surface area contributed by atoms with Crippen molar-refractivity contribution in [1.29, 1.82) is 0 Å². The number of carbonyl (C=O) groups is 1. The second-order valence-corrected chi connectivity index (χ2v) is 5.64. The minimum atomic E-state index is -0.108. The van der Waals surface area contributed by atoms with Gasteiger partial charge >= 0.3 is 0 Å². The molecule has 0 bridgehead atoms. The number of benzene rings is 1. The van der Waals surface area contributed by atoms with Crippen molar-refractivity contribution in [3.05, 3.63) is 35.7 Å². The zero-order valence-corrected chi connectivity index (χ0v) is 14.1. The Balaban J connectivity index is 2.31. The molecule has 1 aromatic carbocycles. The van der Waals surface area contributed by atoms with Gasteiger partial charge in [-0.25, -0.2) is 0 Å². The van der Waals surface area contributed by atoms with Crippen LogP contribution in [0.5, 0.6) is 11.5 Å². The zero-order chi connectivity index (χ0) is 15.2. The molecular formula is C15H17BrClNO3. The van der Waals surface area contributed by atoms with E-state index in [1.54, 1.807) is 36.5 Å². The van der Waals surface area contributed by atoms with Crippen LogP contribution in [0.1, 0.15) is 23.2 Å². The number of rotatable bonds is 6. The number of unbranched alkanes of at least 4 members (excludes halogenated alkanes) is 1. The first kappa shape index (κ1) is 16.2. The number of hydrogen-bond donors (Lipinski definition) is 0. The average Bonchev–Trinajstić information content (AvgIpc) is 2.65. The molecular weight excluding hydrogens is 358 g/mol. The number of fused-ring (bicyclic) bond motifs is 1. The number of nitrogens with zero attached hydrogens (tertiary/aromatic N) is 1. The van der Waals surface area contributed by atoms with E-state index in [2.05, 4.69) is 15.9 Å². The average molecular weight is 375 g/mol. The summed E-state index contributed by atoms with van der Waals surface area (Å²) in [5.41, 5.74) is 1.16. The van der Waals surface area contributed by atoms with Crippen molar-refractivity contribution >= 4 is 33.4 Å². The largest absolute Gasteiger partial charge is 0.497 e. The molecule has 0 spiro atoms. The minimum Gasteiger partial charge on any atom is -0.497 e. The lowest BCUT2D eigenvalue weighted by atomic mass is 10.1. The highest BCUT2D eigenvalue weighted by molar-refractivity contribution is 9.09. The number of halogens is 2. The Morgan fingerprint density at radius 1 is 1.38 bits per heavy atom. The number of carbonyl (C=O) groups excluding carboxylic acids is 1. The summed E-state index contributed by atoms with van der Waals surface area (Å²) in [7, 11) is 1.57. The molecule has 1 aromatic rings. The van der Waals surface area contributed by atoms with E-state index in [1.165, 1.54) is 0 Å². The van der Waals surface area contributed by atoms with Crippen molar-refractivity contribution in [1.82, 2.24) is 4.90 Å². The normalized spacial score (nSPS) is 14.1. The third-order valence-corrected chi connectivity index (χ3v) is 4.07. The van der Waals surface area contributed by atoms with E-state index < -0.39 is 0 Å². The van der Waals surface area contributed by atoms with Gasteiger partial charge in [-0.05, 0) is 31.0 Å². The summed E-state index contributed by atoms with van der Waals surface area (Å²) in [4.78, 5) is 14.4. The molecule has 0 atom stereocenters. The third-order valence-electron chi connectivity index (χ3n) is 3.23. The summed E-state index contributed by atoms with van der Waals surface area (Å²) >= 11 is 9.35. The Hall–Kier alpha value is -1.20. The van der Waals surface area contributed by atoms with Gasteiger partial charge in [0.1, 0.15) is 17.8 Å². The van der Waals surface area contributed by atoms with Gasteiger partial charge < -0.3 is 14.4 Å². The molecule has 0 saturated heterocycles. The van der Waals surface area contributed by atoms with E-state index in [4.69, 9.17) is 21.1 Å². The monoisotopic (exact) mass is 373 g/mol. The number of amides is 1. The smallest absolute Gasteiger partial charge is 0.262 e. The van der Waals surface area contributed by atoms with Crippen LogP contribution in [0.3, 0.4) is 0 Å². The quantitative estimate of drug-likeness (QED) is 0.562. The first-order valence-corrected chi connectivity index (χ1v) is 8.34. The maximum absolute atomic E-state index is 12.7. The van der Waals surface area contributed by atoms with Gasteiger partial charge in [-0.15, -0.1) is 11.6 Å². The van der Waals surface area contributed by atoms with Gasteiger partial charge in [-0.3, -0.25) is 4.79 Å². The molecule has 0 aromatic heterocycles. The molecule has 114 valence electrons. The predicted octanol–water partition coefficient (Wildman–Crippen LogP) is 3.79. The highest BCUT2D eigenvalue weighted by Gasteiger charge is 2.26. The van der Waals surface area contributed by atoms with Crippen LogP contribution in [0.15, 0.2) is 30.2 Å². The predicted molar refractivity (Wildman–Crippen MR) is 86.5 cm³/mol. The maximum atomic E-state index is 12.7. The molecule has 6 heteroatoms. The standard InChI is InChI=1S/C15H17BrClNO3/c1-20-12-4-5-14-13(8-12)15(19)18(7-3-2-6-16)11(9-17)10-21-14/h4-5,8,10H,2-3,6-7,9H2,1H3. The van der Waals surface area contributed by atoms with Gasteiger partial charge in [0.25, 0.3) is 5.91 Å². The molecule has 0 saturated carbocycles. The van der Waals surface area contributed by atoms with Crippen LogP contribution in [-0.4, -0.2) is 35.7 Å². The lowest BCUT2D eigenvalue weighted by molar-refractivity contribution is 0.0806. The molecule has 0 fully saturated rings. The third kappa shape index (κ3) is 3.71. The minimum absolute atomic E-state index is 0.108. The molecule has 0 unspecified atom stereocenters. The van der Waals surface area contributed by atoms with Crippen molar-refractivity contribution < 1.29 is 14.3 Å². The fourth-order valence-electron chi connectivity index (χ4n) is 2.09. The zero-order valence-electron chi connectivity index (χ0n) is 11.8. The summed E-state index contributed by atoms with van der Waals surface area (Å²) in [6.45, 7) is 0.614. The molecule has 1 aliphatic rings. The second-order valence-electron chi connectivity index (χ2n) is 4.58. The van der Waals surface area contributed by atoms with Crippen LogP contribution in [0.4, 0.5) is 0 Å². The van der Waals surface area contributed by atoms with Crippen LogP contribution in [0.2, 0.25) is 0 Å². The number of alkyl halides is 2. The summed E-state index contributed by atoms with van der Waals surface area (Å²) in [5.74, 6) is 1.26. The van der Waals surface area contributed by atoms with E-state index in [-0.39, 0.29) is 11.8 Å². The Morgan fingerprint density at radius 2 is 2.19 bits per heavy atom. The molecule has 1 heterocycles. The fourth-order valence-corrected chi connectivity index (χ4v) is 2.69. The molecule has 21 heavy (non-hydrogen) atoms. The number of ether oxygens (including phenoxy) is 2. The summed E-state index contributed by atoms with van der Waals surface area (Å²) in [6, 6.07) is 5.19. The molecule has 2 rings (SSSR count). The maximum Gasteiger partial charge on any atom is 0.262 e. The number of hydrogen-bond acceptors (Lipinski definition) is 3. The van der Waals surface area contributed by atoms with Crippen LogP contribution in [-0.2, 0) is 0 Å². The highest BCUT2D eigenvalue weighted by Crippen LogP contribution is 2.30. The second kappa shape index (κ2) is 7.71. The van der Waals surface area contributed by atoms with Crippen molar-refractivity contribution in [3.63, 3.8) is 0 Å². The van der Waals surface area contributed by atoms with Gasteiger partial charge in [-0.2, -0.15) is 0 Å². The van der Waals surface area contributed by atoms with Gasteiger partial charge in [0.15, 0.2) is 0 Å². The SMILES string of the molecule is COc1ccc2c(c1)C(=O)N(CCCCBr)C(CCl)=CO2. The van der Waals surface area contributed by atoms with Crippen molar-refractivity contribution in [2.75, 3.05) is 24.9 Å². The Morgan fingerprint density at radius 3 is 2.86 bits per heavy atom. The van der Waals surface area contributed by atoms with E-state index in [9.17, 15) is 4.79 Å². The van der Waals surface area contributed by atoms with Crippen LogP contribution >= 0.6 is 27.5 Å². The molecule has 4 nitrogen and oxygen atoms in total. The van der Waals surface area contributed by atoms with Gasteiger partial charge in [0, 0.05) is 11.9 Å². The number of methoxy groups -OCH3 is 1. The van der Waals surface area contributed by atoms with E-state index in [0.717, 1.165) is 18.2 Å². The summed E-state index contributed by atoms with van der Waals surface area (Å²) in [6.07, 6.45) is 3.44. The molecule has 0 N–H and O–H groups in total. The summed E-state index contributed by atoms with van der Waals surface area (Å²) in [5, 5.41) is 0.913. The van der Waals surface area contributed by atoms with Gasteiger partial charge in [0.05, 0.1) is 24.3 Å². The van der Waals surface area contributed by atoms with Crippen LogP contribution in [0.25, 0.3) is 0 Å². The summed E-state index contributed by atoms with van der Waals surface area (Å²) < 4.78 is 10.8. The Kier molecular flexibility index (Phi) is 5.94. The van der Waals surface area contributed by atoms with Gasteiger partial charge in [-0.1, -0.05) is 15.9 Å².